The average molecular weight is 271 g/mol. The first kappa shape index (κ1) is 15.8. The van der Waals surface area contributed by atoms with E-state index in [0.717, 1.165) is 32.0 Å². The molecule has 0 aliphatic carbocycles. The average Bonchev–Trinajstić information content (AvgIpc) is 2.37. The van der Waals surface area contributed by atoms with Crippen LogP contribution in [0.5, 0.6) is 0 Å². The van der Waals surface area contributed by atoms with Gasteiger partial charge in [0.2, 0.25) is 0 Å². The first-order valence-electron chi connectivity index (χ1n) is 6.51. The van der Waals surface area contributed by atoms with Crippen molar-refractivity contribution in [1.82, 2.24) is 5.32 Å². The molecule has 1 aromatic carbocycles. The molecule has 1 rings (SSSR count). The smallest absolute Gasteiger partial charge is 0.316 e. The Morgan fingerprint density at radius 3 is 2.53 bits per heavy atom. The van der Waals surface area contributed by atoms with E-state index in [-0.39, 0.29) is 5.56 Å². The summed E-state index contributed by atoms with van der Waals surface area (Å²) in [5.41, 5.74) is 0.377. The highest BCUT2D eigenvalue weighted by Crippen LogP contribution is 2.34. The van der Waals surface area contributed by atoms with Crippen LogP contribution in [0, 0.1) is 0 Å². The highest BCUT2D eigenvalue weighted by Gasteiger charge is 2.33. The Bertz CT molecular complexity index is 422. The fourth-order valence-electron chi connectivity index (χ4n) is 1.88. The van der Waals surface area contributed by atoms with E-state index in [1.165, 1.54) is 12.1 Å². The molecular formula is C15H20F3N. The molecule has 0 aliphatic heterocycles. The second-order valence-electron chi connectivity index (χ2n) is 4.47. The number of rotatable bonds is 6. The van der Waals surface area contributed by atoms with Crippen molar-refractivity contribution in [2.45, 2.75) is 32.9 Å². The van der Waals surface area contributed by atoms with Crippen LogP contribution in [0.15, 0.2) is 30.3 Å². The molecule has 0 unspecified atom stereocenters. The third kappa shape index (κ3) is 5.07. The van der Waals surface area contributed by atoms with Crippen LogP contribution in [0.4, 0.5) is 13.2 Å². The maximum Gasteiger partial charge on any atom is 0.416 e. The molecule has 4 heteroatoms. The van der Waals surface area contributed by atoms with Gasteiger partial charge in [-0.15, -0.1) is 0 Å². The SMILES string of the molecule is CCCNCCC=C(C)c1ccccc1C(F)(F)F. The van der Waals surface area contributed by atoms with Crippen molar-refractivity contribution >= 4 is 5.57 Å². The minimum Gasteiger partial charge on any atom is -0.316 e. The molecule has 0 radical (unpaired) electrons. The van der Waals surface area contributed by atoms with Gasteiger partial charge < -0.3 is 5.32 Å². The highest BCUT2D eigenvalue weighted by molar-refractivity contribution is 5.67. The fraction of sp³-hybridized carbons (Fsp3) is 0.467. The van der Waals surface area contributed by atoms with Crippen LogP contribution >= 0.6 is 0 Å². The Balaban J connectivity index is 2.76. The first-order chi connectivity index (χ1) is 8.96. The minimum absolute atomic E-state index is 0.269. The number of hydrogen-bond donors (Lipinski definition) is 1. The maximum absolute atomic E-state index is 12.9. The van der Waals surface area contributed by atoms with E-state index >= 15 is 0 Å². The van der Waals surface area contributed by atoms with Gasteiger partial charge in [-0.05, 0) is 50.1 Å². The van der Waals surface area contributed by atoms with Gasteiger partial charge in [-0.25, -0.2) is 0 Å². The summed E-state index contributed by atoms with van der Waals surface area (Å²) in [4.78, 5) is 0. The number of halogens is 3. The van der Waals surface area contributed by atoms with Crippen LogP contribution in [0.25, 0.3) is 5.57 Å². The molecule has 0 saturated heterocycles. The lowest BCUT2D eigenvalue weighted by molar-refractivity contribution is -0.137. The van der Waals surface area contributed by atoms with Crippen molar-refractivity contribution in [2.24, 2.45) is 0 Å². The summed E-state index contributed by atoms with van der Waals surface area (Å²) in [5, 5.41) is 3.22. The molecule has 0 spiro atoms. The van der Waals surface area contributed by atoms with E-state index in [1.54, 1.807) is 13.0 Å². The second kappa shape index (κ2) is 7.34. The summed E-state index contributed by atoms with van der Waals surface area (Å²) in [6, 6.07) is 5.70. The van der Waals surface area contributed by atoms with Gasteiger partial charge >= 0.3 is 6.18 Å². The van der Waals surface area contributed by atoms with Crippen molar-refractivity contribution in [2.75, 3.05) is 13.1 Å². The van der Waals surface area contributed by atoms with Gasteiger partial charge in [0.25, 0.3) is 0 Å². The van der Waals surface area contributed by atoms with Gasteiger partial charge in [-0.1, -0.05) is 31.2 Å². The Morgan fingerprint density at radius 1 is 1.21 bits per heavy atom. The molecule has 0 amide bonds. The topological polar surface area (TPSA) is 12.0 Å². The van der Waals surface area contributed by atoms with Crippen molar-refractivity contribution in [3.8, 4) is 0 Å². The van der Waals surface area contributed by atoms with Gasteiger partial charge in [0, 0.05) is 0 Å². The molecule has 0 heterocycles. The lowest BCUT2D eigenvalue weighted by Crippen LogP contribution is -2.15. The van der Waals surface area contributed by atoms with E-state index in [1.807, 2.05) is 6.08 Å². The zero-order valence-corrected chi connectivity index (χ0v) is 11.3. The van der Waals surface area contributed by atoms with Crippen molar-refractivity contribution in [3.05, 3.63) is 41.5 Å². The quantitative estimate of drug-likeness (QED) is 0.751. The molecule has 0 aliphatic rings. The summed E-state index contributed by atoms with van der Waals surface area (Å²) in [7, 11) is 0. The number of hydrogen-bond acceptors (Lipinski definition) is 1. The Labute approximate surface area is 112 Å². The zero-order valence-electron chi connectivity index (χ0n) is 11.3. The van der Waals surface area contributed by atoms with Crippen LogP contribution in [0.2, 0.25) is 0 Å². The third-order valence-corrected chi connectivity index (χ3v) is 2.86. The number of benzene rings is 1. The van der Waals surface area contributed by atoms with E-state index in [4.69, 9.17) is 0 Å². The number of allylic oxidation sites excluding steroid dienone is 1. The second-order valence-corrected chi connectivity index (χ2v) is 4.47. The third-order valence-electron chi connectivity index (χ3n) is 2.86. The standard InChI is InChI=1S/C15H20F3N/c1-3-10-19-11-6-7-12(2)13-8-4-5-9-14(13)15(16,17)18/h4-5,7-9,19H,3,6,10-11H2,1-2H3. The summed E-state index contributed by atoms with van der Waals surface area (Å²) in [5.74, 6) is 0. The zero-order chi connectivity index (χ0) is 14.3. The largest absolute Gasteiger partial charge is 0.416 e. The molecule has 106 valence electrons. The summed E-state index contributed by atoms with van der Waals surface area (Å²) in [6.45, 7) is 5.53. The van der Waals surface area contributed by atoms with Crippen LogP contribution in [-0.4, -0.2) is 13.1 Å². The van der Waals surface area contributed by atoms with Gasteiger partial charge in [-0.2, -0.15) is 13.2 Å². The normalized spacial score (nSPS) is 12.8. The summed E-state index contributed by atoms with van der Waals surface area (Å²) in [6.07, 6.45) is -0.656. The van der Waals surface area contributed by atoms with Crippen molar-refractivity contribution in [3.63, 3.8) is 0 Å². The van der Waals surface area contributed by atoms with Gasteiger partial charge in [0.1, 0.15) is 0 Å². The van der Waals surface area contributed by atoms with Crippen LogP contribution < -0.4 is 5.32 Å². The monoisotopic (exact) mass is 271 g/mol. The number of alkyl halides is 3. The fourth-order valence-corrected chi connectivity index (χ4v) is 1.88. The molecule has 0 aromatic heterocycles. The lowest BCUT2D eigenvalue weighted by atomic mass is 9.99. The van der Waals surface area contributed by atoms with Crippen LogP contribution in [0.3, 0.4) is 0 Å². The summed E-state index contributed by atoms with van der Waals surface area (Å²) < 4.78 is 38.6. The first-order valence-corrected chi connectivity index (χ1v) is 6.51. The molecule has 0 fully saturated rings. The highest BCUT2D eigenvalue weighted by atomic mass is 19.4. The van der Waals surface area contributed by atoms with Gasteiger partial charge in [-0.3, -0.25) is 0 Å². The molecule has 0 atom stereocenters. The molecule has 0 saturated carbocycles. The Morgan fingerprint density at radius 2 is 1.89 bits per heavy atom. The maximum atomic E-state index is 12.9. The van der Waals surface area contributed by atoms with E-state index in [2.05, 4.69) is 12.2 Å². The molecule has 19 heavy (non-hydrogen) atoms. The Kier molecular flexibility index (Phi) is 6.09. The number of nitrogens with one attached hydrogen (secondary N) is 1. The molecule has 1 N–H and O–H groups in total. The minimum atomic E-state index is -4.30. The van der Waals surface area contributed by atoms with E-state index < -0.39 is 11.7 Å². The molecule has 1 nitrogen and oxygen atoms in total. The van der Waals surface area contributed by atoms with Crippen molar-refractivity contribution < 1.29 is 13.2 Å². The van der Waals surface area contributed by atoms with Crippen LogP contribution in [-0.2, 0) is 6.18 Å². The van der Waals surface area contributed by atoms with Crippen LogP contribution in [0.1, 0.15) is 37.8 Å². The predicted octanol–water partition coefficient (Wildman–Crippen LogP) is 4.50. The van der Waals surface area contributed by atoms with E-state index in [9.17, 15) is 13.2 Å². The Hall–Kier alpha value is -1.29. The molecule has 1 aromatic rings. The van der Waals surface area contributed by atoms with E-state index in [0.29, 0.717) is 5.57 Å². The molecule has 0 bridgehead atoms. The van der Waals surface area contributed by atoms with Gasteiger partial charge in [0.15, 0.2) is 0 Å². The van der Waals surface area contributed by atoms with Crippen molar-refractivity contribution in [1.29, 1.82) is 0 Å². The molecular weight excluding hydrogens is 251 g/mol. The lowest BCUT2D eigenvalue weighted by Gasteiger charge is -2.13. The van der Waals surface area contributed by atoms with Gasteiger partial charge in [0.05, 0.1) is 5.56 Å². The summed E-state index contributed by atoms with van der Waals surface area (Å²) >= 11 is 0. The predicted molar refractivity (Wildman–Crippen MR) is 72.9 cm³/mol.